The van der Waals surface area contributed by atoms with Gasteiger partial charge in [-0.05, 0) is 76.9 Å². The lowest BCUT2D eigenvalue weighted by Gasteiger charge is -2.44. The molecule has 0 saturated carbocycles. The smallest absolute Gasteiger partial charge is 0.335 e. The van der Waals surface area contributed by atoms with Gasteiger partial charge >= 0.3 is 5.97 Å². The van der Waals surface area contributed by atoms with E-state index in [0.717, 1.165) is 24.3 Å². The molecule has 2 heterocycles. The minimum atomic E-state index is -1.27. The van der Waals surface area contributed by atoms with E-state index in [9.17, 15) is 36.7 Å². The maximum absolute atomic E-state index is 13.3. The summed E-state index contributed by atoms with van der Waals surface area (Å²) in [6.45, 7) is 20.1. The van der Waals surface area contributed by atoms with E-state index in [0.29, 0.717) is 25.8 Å². The Kier molecular flexibility index (Phi) is 16.5. The van der Waals surface area contributed by atoms with Gasteiger partial charge in [0.05, 0.1) is 18.8 Å². The second-order valence-corrected chi connectivity index (χ2v) is 16.1. The average molecular weight is 786 g/mol. The summed E-state index contributed by atoms with van der Waals surface area (Å²) in [5, 5.41) is 13.9. The Morgan fingerprint density at radius 2 is 1.11 bits per heavy atom. The topological polar surface area (TPSA) is 176 Å². The Hall–Kier alpha value is -3.96. The van der Waals surface area contributed by atoms with Gasteiger partial charge in [-0.1, -0.05) is 34.6 Å². The van der Waals surface area contributed by atoms with Crippen molar-refractivity contribution in [3.05, 3.63) is 70.8 Å². The van der Waals surface area contributed by atoms with Crippen LogP contribution in [0.3, 0.4) is 0 Å². The van der Waals surface area contributed by atoms with Gasteiger partial charge in [0.2, 0.25) is 11.8 Å². The second-order valence-electron chi connectivity index (χ2n) is 16.1. The third kappa shape index (κ3) is 14.9. The van der Waals surface area contributed by atoms with Crippen molar-refractivity contribution in [2.45, 2.75) is 105 Å². The number of hydrogen-bond acceptors (Lipinski definition) is 9. The van der Waals surface area contributed by atoms with Crippen molar-refractivity contribution in [1.82, 2.24) is 10.6 Å². The molecule has 2 saturated heterocycles. The Morgan fingerprint density at radius 3 is 1.51 bits per heavy atom. The summed E-state index contributed by atoms with van der Waals surface area (Å²) < 4.78 is 73.4. The van der Waals surface area contributed by atoms with Crippen LogP contribution in [-0.2, 0) is 28.5 Å². The molecular formula is C39H55F4N3O9. The molecular weight excluding hydrogens is 730 g/mol. The minimum Gasteiger partial charge on any atom is -0.478 e. The molecule has 308 valence electrons. The fraction of sp³-hybridized carbons (Fsp3) is 0.590. The number of rotatable bonds is 10. The van der Waals surface area contributed by atoms with Crippen LogP contribution in [0, 0.1) is 40.0 Å². The molecule has 2 aliphatic rings. The maximum atomic E-state index is 13.3. The van der Waals surface area contributed by atoms with Crippen molar-refractivity contribution in [2.75, 3.05) is 26.3 Å². The van der Waals surface area contributed by atoms with E-state index < -0.39 is 58.4 Å². The maximum Gasteiger partial charge on any atom is 0.335 e. The fourth-order valence-corrected chi connectivity index (χ4v) is 5.17. The number of ketones is 1. The molecule has 16 heteroatoms. The molecule has 5 N–H and O–H groups in total. The van der Waals surface area contributed by atoms with Crippen molar-refractivity contribution < 1.29 is 60.8 Å². The lowest BCUT2D eigenvalue weighted by Crippen LogP contribution is -2.57. The quantitative estimate of drug-likeness (QED) is 0.171. The van der Waals surface area contributed by atoms with Crippen molar-refractivity contribution >= 4 is 23.6 Å². The zero-order valence-electron chi connectivity index (χ0n) is 33.1. The third-order valence-corrected chi connectivity index (χ3v) is 8.45. The molecule has 0 bridgehead atoms. The first kappa shape index (κ1) is 47.2. The Labute approximate surface area is 319 Å². The van der Waals surface area contributed by atoms with Crippen LogP contribution in [0.2, 0.25) is 0 Å². The number of nitrogens with two attached hydrogens (primary N) is 1. The first-order valence-electron chi connectivity index (χ1n) is 17.8. The highest BCUT2D eigenvalue weighted by Crippen LogP contribution is 2.36. The van der Waals surface area contributed by atoms with Crippen LogP contribution in [0.1, 0.15) is 96.4 Å². The standard InChI is InChI=1S/C20H27F2NO4.C12H24N2O3.C7H4F2O2/c1-12(8-16(24)13-6-7-14(21)15(22)9-13)10-23-18(25)17-19(2,3)11-26-20(4,5)27-17;1-8(13)6-14-10(15)9-11(2,3)7-16-12(4,5)17-9;8-5-2-1-4(7(10)11)3-6(5)9/h6-7,9,12,17H,8,10-11H2,1-5H3,(H,23,25);8-9H,6-7,13H2,1-5H3,(H,14,15);1-3H,(H,10,11)/t12-,17+;8-,9-;/m10./s1. The number of halogens is 4. The molecule has 2 aromatic rings. The Bertz CT molecular complexity index is 1670. The van der Waals surface area contributed by atoms with Crippen molar-refractivity contribution in [2.24, 2.45) is 22.5 Å². The lowest BCUT2D eigenvalue weighted by molar-refractivity contribution is -0.304. The number of carboxylic acids is 1. The molecule has 12 nitrogen and oxygen atoms in total. The number of nitrogens with one attached hydrogen (secondary N) is 2. The van der Waals surface area contributed by atoms with Gasteiger partial charge in [-0.3, -0.25) is 14.4 Å². The summed E-state index contributed by atoms with van der Waals surface area (Å²) in [7, 11) is 0. The van der Waals surface area contributed by atoms with E-state index in [2.05, 4.69) is 10.6 Å². The van der Waals surface area contributed by atoms with E-state index >= 15 is 0 Å². The average Bonchev–Trinajstić information content (AvgIpc) is 3.08. The number of carbonyl (C=O) groups excluding carboxylic acids is 3. The van der Waals surface area contributed by atoms with Gasteiger partial charge in [-0.15, -0.1) is 0 Å². The molecule has 0 radical (unpaired) electrons. The molecule has 2 fully saturated rings. The van der Waals surface area contributed by atoms with Crippen LogP contribution in [0.15, 0.2) is 36.4 Å². The summed E-state index contributed by atoms with van der Waals surface area (Å²) >= 11 is 0. The molecule has 2 aromatic carbocycles. The zero-order chi connectivity index (χ0) is 42.1. The summed E-state index contributed by atoms with van der Waals surface area (Å²) in [6.07, 6.45) is -1.07. The molecule has 2 amide bonds. The third-order valence-electron chi connectivity index (χ3n) is 8.45. The van der Waals surface area contributed by atoms with Crippen LogP contribution in [0.25, 0.3) is 0 Å². The summed E-state index contributed by atoms with van der Waals surface area (Å²) in [6, 6.07) is 5.43. The van der Waals surface area contributed by atoms with E-state index in [1.165, 1.54) is 6.07 Å². The van der Waals surface area contributed by atoms with Gasteiger partial charge in [-0.2, -0.15) is 0 Å². The Balaban J connectivity index is 0.000000317. The zero-order valence-corrected chi connectivity index (χ0v) is 33.1. The highest BCUT2D eigenvalue weighted by atomic mass is 19.2. The molecule has 4 atom stereocenters. The molecule has 0 unspecified atom stereocenters. The molecule has 0 spiro atoms. The first-order chi connectivity index (χ1) is 25.2. The predicted molar refractivity (Wildman–Crippen MR) is 195 cm³/mol. The number of Topliss-reactive ketones (excluding diaryl/α,β-unsaturated/α-hetero) is 1. The van der Waals surface area contributed by atoms with E-state index in [-0.39, 0.29) is 59.1 Å². The first-order valence-corrected chi connectivity index (χ1v) is 17.8. The molecule has 0 aliphatic carbocycles. The highest BCUT2D eigenvalue weighted by molar-refractivity contribution is 5.96. The van der Waals surface area contributed by atoms with Gasteiger partial charge in [0, 0.05) is 41.9 Å². The lowest BCUT2D eigenvalue weighted by atomic mass is 9.85. The van der Waals surface area contributed by atoms with Gasteiger partial charge in [-0.25, -0.2) is 22.4 Å². The van der Waals surface area contributed by atoms with Crippen LogP contribution in [-0.4, -0.2) is 84.8 Å². The minimum absolute atomic E-state index is 0.0603. The highest BCUT2D eigenvalue weighted by Gasteiger charge is 2.46. The van der Waals surface area contributed by atoms with Crippen LogP contribution < -0.4 is 16.4 Å². The molecule has 55 heavy (non-hydrogen) atoms. The van der Waals surface area contributed by atoms with Crippen LogP contribution in [0.5, 0.6) is 0 Å². The SMILES string of the molecule is C[C@@H](CNC(=O)[C@@H]1OC(C)(C)OCC1(C)C)CC(=O)c1ccc(F)c(F)c1.C[C@H](N)CNC(=O)[C@@H]1OC(C)(C)OCC1(C)C.O=C(O)c1ccc(F)c(F)c1. The Morgan fingerprint density at radius 1 is 0.709 bits per heavy atom. The number of carboxylic acid groups (broad SMARTS) is 1. The van der Waals surface area contributed by atoms with Crippen LogP contribution in [0.4, 0.5) is 17.6 Å². The van der Waals surface area contributed by atoms with Gasteiger partial charge in [0.1, 0.15) is 12.2 Å². The van der Waals surface area contributed by atoms with Crippen molar-refractivity contribution in [3.8, 4) is 0 Å². The number of amides is 2. The van der Waals surface area contributed by atoms with Crippen molar-refractivity contribution in [3.63, 3.8) is 0 Å². The van der Waals surface area contributed by atoms with E-state index in [4.69, 9.17) is 29.8 Å². The summed E-state index contributed by atoms with van der Waals surface area (Å²) in [5.41, 5.74) is 4.65. The molecule has 0 aromatic heterocycles. The largest absolute Gasteiger partial charge is 0.478 e. The molecule has 4 rings (SSSR count). The normalized spacial score (nSPS) is 21.6. The van der Waals surface area contributed by atoms with E-state index in [1.807, 2.05) is 48.5 Å². The number of hydrogen-bond donors (Lipinski definition) is 4. The fourth-order valence-electron chi connectivity index (χ4n) is 5.17. The van der Waals surface area contributed by atoms with E-state index in [1.54, 1.807) is 20.8 Å². The molecule has 2 aliphatic heterocycles. The monoisotopic (exact) mass is 785 g/mol. The summed E-state index contributed by atoms with van der Waals surface area (Å²) in [5.74, 6) is -7.93. The van der Waals surface area contributed by atoms with Gasteiger partial charge in [0.15, 0.2) is 40.6 Å². The van der Waals surface area contributed by atoms with Gasteiger partial charge in [0.25, 0.3) is 0 Å². The number of benzene rings is 2. The number of ether oxygens (including phenoxy) is 4. The second kappa shape index (κ2) is 19.3. The number of carbonyl (C=O) groups is 4. The predicted octanol–water partition coefficient (Wildman–Crippen LogP) is 5.76. The van der Waals surface area contributed by atoms with Crippen molar-refractivity contribution in [1.29, 1.82) is 0 Å². The number of aromatic carboxylic acids is 1. The van der Waals surface area contributed by atoms with Crippen LogP contribution >= 0.6 is 0 Å². The van der Waals surface area contributed by atoms with Gasteiger partial charge < -0.3 is 40.4 Å². The summed E-state index contributed by atoms with van der Waals surface area (Å²) in [4.78, 5) is 47.0.